The molecule has 2 aromatic carbocycles. The van der Waals surface area contributed by atoms with Gasteiger partial charge in [-0.2, -0.15) is 26.3 Å². The Morgan fingerprint density at radius 1 is 1.05 bits per heavy atom. The number of tetrazole rings is 1. The van der Waals surface area contributed by atoms with Crippen LogP contribution in [-0.4, -0.2) is 56.2 Å². The Kier molecular flexibility index (Phi) is 7.84. The summed E-state index contributed by atoms with van der Waals surface area (Å²) in [6, 6.07) is 4.55. The zero-order chi connectivity index (χ0) is 28.5. The third kappa shape index (κ3) is 6.48. The number of amides is 2. The number of carbonyl (C=O) groups is 1. The normalized spacial score (nSPS) is 18.3. The minimum absolute atomic E-state index is 0.0722. The monoisotopic (exact) mass is 558 g/mol. The molecule has 0 radical (unpaired) electrons. The fourth-order valence-corrected chi connectivity index (χ4v) is 4.83. The van der Waals surface area contributed by atoms with Crippen molar-refractivity contribution in [2.75, 3.05) is 20.1 Å². The highest BCUT2D eigenvalue weighted by Gasteiger charge is 2.38. The lowest BCUT2D eigenvalue weighted by molar-refractivity contribution is -0.143. The number of aryl methyl sites for hydroxylation is 1. The number of likely N-dealkylation sites (N-methyl/N-ethyl adjacent to an activating group) is 1. The van der Waals surface area contributed by atoms with Gasteiger partial charge in [0.1, 0.15) is 12.1 Å². The molecule has 1 aromatic heterocycles. The van der Waals surface area contributed by atoms with Crippen molar-refractivity contribution < 1.29 is 35.5 Å². The number of likely N-dealkylation sites (tertiary alicyclic amines) is 1. The van der Waals surface area contributed by atoms with Crippen molar-refractivity contribution in [3.63, 3.8) is 0 Å². The summed E-state index contributed by atoms with van der Waals surface area (Å²) in [6.07, 6.45) is -7.75. The highest BCUT2D eigenvalue weighted by Crippen LogP contribution is 2.39. The molecule has 1 aliphatic heterocycles. The maximum absolute atomic E-state index is 13.8. The molecule has 2 amide bonds. The maximum atomic E-state index is 13.8. The lowest BCUT2D eigenvalue weighted by Crippen LogP contribution is -2.47. The Hall–Kier alpha value is -3.71. The number of hydrogen-bond donors (Lipinski definition) is 0. The molecule has 3 aromatic rings. The number of hydrogen-bond acceptors (Lipinski definition) is 4. The fraction of sp³-hybridized carbons (Fsp3) is 0.440. The number of carbonyl (C=O) groups excluding carboxylic acids is 1. The second kappa shape index (κ2) is 10.8. The lowest BCUT2D eigenvalue weighted by atomic mass is 9.89. The van der Waals surface area contributed by atoms with E-state index in [1.165, 1.54) is 30.4 Å². The van der Waals surface area contributed by atoms with E-state index in [2.05, 4.69) is 15.5 Å². The molecule has 0 N–H and O–H groups in total. The van der Waals surface area contributed by atoms with E-state index in [9.17, 15) is 35.5 Å². The van der Waals surface area contributed by atoms with E-state index in [0.717, 1.165) is 0 Å². The molecular weight excluding hydrogens is 533 g/mol. The minimum Gasteiger partial charge on any atom is -0.327 e. The van der Waals surface area contributed by atoms with Crippen LogP contribution in [0.3, 0.4) is 0 Å². The Balaban J connectivity index is 1.55. The van der Waals surface area contributed by atoms with E-state index in [-0.39, 0.29) is 37.2 Å². The Morgan fingerprint density at radius 3 is 2.28 bits per heavy atom. The van der Waals surface area contributed by atoms with E-state index in [4.69, 9.17) is 0 Å². The predicted octanol–water partition coefficient (Wildman–Crippen LogP) is 5.83. The first kappa shape index (κ1) is 28.3. The lowest BCUT2D eigenvalue weighted by Gasteiger charge is -2.41. The number of urea groups is 1. The summed E-state index contributed by atoms with van der Waals surface area (Å²) < 4.78 is 94.7. The van der Waals surface area contributed by atoms with Crippen molar-refractivity contribution in [3.8, 4) is 0 Å². The number of piperidine rings is 1. The molecule has 1 fully saturated rings. The summed E-state index contributed by atoms with van der Waals surface area (Å²) in [5, 5.41) is 11.3. The summed E-state index contributed by atoms with van der Waals surface area (Å²) in [6.45, 7) is 1.87. The molecule has 7 nitrogen and oxygen atoms in total. The molecule has 0 aliphatic carbocycles. The van der Waals surface area contributed by atoms with E-state index in [1.54, 1.807) is 22.6 Å². The van der Waals surface area contributed by atoms with Gasteiger partial charge in [-0.15, -0.1) is 5.10 Å². The molecule has 2 heterocycles. The van der Waals surface area contributed by atoms with Gasteiger partial charge >= 0.3 is 18.4 Å². The highest BCUT2D eigenvalue weighted by atomic mass is 19.4. The van der Waals surface area contributed by atoms with E-state index in [0.29, 0.717) is 36.1 Å². The largest absolute Gasteiger partial charge is 0.416 e. The van der Waals surface area contributed by atoms with Gasteiger partial charge in [0.05, 0.1) is 23.2 Å². The molecule has 0 bridgehead atoms. The molecular formula is C25H25F7N6O. The molecule has 39 heavy (non-hydrogen) atoms. The highest BCUT2D eigenvalue weighted by molar-refractivity contribution is 5.75. The van der Waals surface area contributed by atoms with Crippen LogP contribution < -0.4 is 0 Å². The van der Waals surface area contributed by atoms with Crippen LogP contribution in [0.25, 0.3) is 0 Å². The van der Waals surface area contributed by atoms with Crippen LogP contribution in [0.1, 0.15) is 52.7 Å². The van der Waals surface area contributed by atoms with Gasteiger partial charge in [-0.1, -0.05) is 6.07 Å². The van der Waals surface area contributed by atoms with Gasteiger partial charge in [-0.25, -0.2) is 13.9 Å². The average Bonchev–Trinajstić information content (AvgIpc) is 3.40. The third-order valence-corrected chi connectivity index (χ3v) is 6.86. The van der Waals surface area contributed by atoms with Crippen molar-refractivity contribution in [2.45, 2.75) is 50.6 Å². The van der Waals surface area contributed by atoms with E-state index < -0.39 is 41.4 Å². The van der Waals surface area contributed by atoms with E-state index >= 15 is 0 Å². The molecule has 1 saturated heterocycles. The van der Waals surface area contributed by atoms with Crippen LogP contribution in [0.5, 0.6) is 0 Å². The maximum Gasteiger partial charge on any atom is 0.416 e. The van der Waals surface area contributed by atoms with Crippen LogP contribution in [-0.2, 0) is 18.8 Å². The molecule has 0 spiro atoms. The average molecular weight is 559 g/mol. The number of benzene rings is 2. The minimum atomic E-state index is -4.96. The molecule has 0 unspecified atom stereocenters. The summed E-state index contributed by atoms with van der Waals surface area (Å²) in [7, 11) is 1.43. The third-order valence-electron chi connectivity index (χ3n) is 6.86. The van der Waals surface area contributed by atoms with Crippen molar-refractivity contribution in [2.24, 2.45) is 0 Å². The number of rotatable bonds is 5. The number of halogens is 7. The van der Waals surface area contributed by atoms with Gasteiger partial charge in [0, 0.05) is 20.1 Å². The number of aromatic nitrogens is 4. The topological polar surface area (TPSA) is 67.2 Å². The van der Waals surface area contributed by atoms with Crippen LogP contribution in [0.2, 0.25) is 0 Å². The fourth-order valence-electron chi connectivity index (χ4n) is 4.83. The van der Waals surface area contributed by atoms with Gasteiger partial charge in [0.15, 0.2) is 0 Å². The SMILES string of the molecule is Cc1cc(F)ccc1[C@H]1C[C@@H](n2cnnn2)CCN1C(=O)N(C)CCc1cc(C(F)(F)F)cc(C(F)(F)F)c1. The van der Waals surface area contributed by atoms with Gasteiger partial charge in [-0.05, 0) is 83.6 Å². The van der Waals surface area contributed by atoms with Gasteiger partial charge in [-0.3, -0.25) is 0 Å². The zero-order valence-electron chi connectivity index (χ0n) is 21.0. The summed E-state index contributed by atoms with van der Waals surface area (Å²) >= 11 is 0. The van der Waals surface area contributed by atoms with Crippen molar-refractivity contribution in [3.05, 3.63) is 76.4 Å². The quantitative estimate of drug-likeness (QED) is 0.370. The number of alkyl halides is 6. The van der Waals surface area contributed by atoms with Gasteiger partial charge < -0.3 is 9.80 Å². The Morgan fingerprint density at radius 2 is 1.72 bits per heavy atom. The summed E-state index contributed by atoms with van der Waals surface area (Å²) in [5.74, 6) is -0.432. The first-order chi connectivity index (χ1) is 18.2. The van der Waals surface area contributed by atoms with Crippen molar-refractivity contribution >= 4 is 6.03 Å². The molecule has 4 rings (SSSR count). The number of nitrogens with zero attached hydrogens (tertiary/aromatic N) is 6. The molecule has 0 saturated carbocycles. The first-order valence-electron chi connectivity index (χ1n) is 12.0. The van der Waals surface area contributed by atoms with Crippen LogP contribution in [0.15, 0.2) is 42.7 Å². The summed E-state index contributed by atoms with van der Waals surface area (Å²) in [4.78, 5) is 16.3. The van der Waals surface area contributed by atoms with Crippen LogP contribution >= 0.6 is 0 Å². The Labute approximate surface area is 219 Å². The Bertz CT molecular complexity index is 1280. The van der Waals surface area contributed by atoms with Crippen LogP contribution in [0.4, 0.5) is 35.5 Å². The molecule has 14 heteroatoms. The first-order valence-corrected chi connectivity index (χ1v) is 12.0. The van der Waals surface area contributed by atoms with Crippen LogP contribution in [0, 0.1) is 12.7 Å². The van der Waals surface area contributed by atoms with Crippen molar-refractivity contribution in [1.29, 1.82) is 0 Å². The summed E-state index contributed by atoms with van der Waals surface area (Å²) in [5.41, 5.74) is -1.67. The second-order valence-corrected chi connectivity index (χ2v) is 9.55. The predicted molar refractivity (Wildman–Crippen MR) is 125 cm³/mol. The van der Waals surface area contributed by atoms with E-state index in [1.807, 2.05) is 0 Å². The second-order valence-electron chi connectivity index (χ2n) is 9.55. The standard InChI is InChI=1S/C25H25F7N6O/c1-15-9-19(26)3-4-21(15)22-13-20(38-14-33-34-35-38)6-8-37(22)23(39)36(2)7-5-16-10-17(24(27,28)29)12-18(11-16)25(30,31)32/h3-4,9-12,14,20,22H,5-8,13H2,1-2H3/t20-,22+/m0/s1. The zero-order valence-corrected chi connectivity index (χ0v) is 21.0. The van der Waals surface area contributed by atoms with Gasteiger partial charge in [0.25, 0.3) is 0 Å². The smallest absolute Gasteiger partial charge is 0.327 e. The molecule has 210 valence electrons. The van der Waals surface area contributed by atoms with Gasteiger partial charge in [0.2, 0.25) is 0 Å². The van der Waals surface area contributed by atoms with Crippen molar-refractivity contribution in [1.82, 2.24) is 30.0 Å². The molecule has 2 atom stereocenters. The molecule has 1 aliphatic rings.